The van der Waals surface area contributed by atoms with Crippen LogP contribution in [0.5, 0.6) is 0 Å². The second kappa shape index (κ2) is 14.5. The average Bonchev–Trinajstić information content (AvgIpc) is 2.35. The van der Waals surface area contributed by atoms with Gasteiger partial charge in [0.25, 0.3) is 0 Å². The van der Waals surface area contributed by atoms with Crippen molar-refractivity contribution in [1.29, 1.82) is 0 Å². The lowest BCUT2D eigenvalue weighted by Gasteiger charge is -2.03. The van der Waals surface area contributed by atoms with Crippen LogP contribution in [0, 0.1) is 0 Å². The van der Waals surface area contributed by atoms with E-state index >= 15 is 0 Å². The molecule has 0 saturated carbocycles. The number of azide groups is 2. The molecular formula is C9H18N6O2. The van der Waals surface area contributed by atoms with E-state index in [1.165, 1.54) is 0 Å². The summed E-state index contributed by atoms with van der Waals surface area (Å²) in [6.07, 6.45) is 2.97. The monoisotopic (exact) mass is 242 g/mol. The molecule has 0 unspecified atom stereocenters. The SMILES string of the molecule is [N-]=[N+]=NCCOCCCCCOCCN=[N+]=[N-]. The zero-order valence-corrected chi connectivity index (χ0v) is 9.86. The maximum atomic E-state index is 8.01. The van der Waals surface area contributed by atoms with Crippen molar-refractivity contribution in [2.45, 2.75) is 19.3 Å². The highest BCUT2D eigenvalue weighted by molar-refractivity contribution is 4.47. The number of rotatable bonds is 12. The molecule has 8 nitrogen and oxygen atoms in total. The molecule has 0 saturated heterocycles. The van der Waals surface area contributed by atoms with Crippen LogP contribution in [0.4, 0.5) is 0 Å². The summed E-state index contributed by atoms with van der Waals surface area (Å²) >= 11 is 0. The third-order valence-electron chi connectivity index (χ3n) is 1.88. The Bertz CT molecular complexity index is 234. The minimum atomic E-state index is 0.388. The highest BCUT2D eigenvalue weighted by Gasteiger charge is 1.91. The van der Waals surface area contributed by atoms with Gasteiger partial charge in [-0.15, -0.1) is 0 Å². The Morgan fingerprint density at radius 2 is 1.18 bits per heavy atom. The second-order valence-corrected chi connectivity index (χ2v) is 3.19. The third kappa shape index (κ3) is 14.5. The fourth-order valence-corrected chi connectivity index (χ4v) is 1.09. The Morgan fingerprint density at radius 3 is 1.59 bits per heavy atom. The van der Waals surface area contributed by atoms with E-state index < -0.39 is 0 Å². The minimum Gasteiger partial charge on any atom is -0.381 e. The number of unbranched alkanes of at least 4 members (excludes halogenated alkanes) is 2. The van der Waals surface area contributed by atoms with E-state index in [1.54, 1.807) is 0 Å². The van der Waals surface area contributed by atoms with E-state index in [4.69, 9.17) is 20.5 Å². The van der Waals surface area contributed by atoms with E-state index in [2.05, 4.69) is 20.1 Å². The van der Waals surface area contributed by atoms with Gasteiger partial charge in [-0.3, -0.25) is 0 Å². The van der Waals surface area contributed by atoms with Crippen molar-refractivity contribution in [1.82, 2.24) is 0 Å². The molecule has 0 aromatic carbocycles. The van der Waals surface area contributed by atoms with Crippen LogP contribution in [-0.4, -0.2) is 39.5 Å². The van der Waals surface area contributed by atoms with Gasteiger partial charge < -0.3 is 9.47 Å². The van der Waals surface area contributed by atoms with Crippen molar-refractivity contribution >= 4 is 0 Å². The van der Waals surface area contributed by atoms with Crippen molar-refractivity contribution in [3.05, 3.63) is 20.9 Å². The van der Waals surface area contributed by atoms with E-state index in [-0.39, 0.29) is 0 Å². The predicted octanol–water partition coefficient (Wildman–Crippen LogP) is 2.81. The van der Waals surface area contributed by atoms with E-state index in [0.717, 1.165) is 19.3 Å². The zero-order chi connectivity index (χ0) is 12.6. The van der Waals surface area contributed by atoms with Crippen molar-refractivity contribution in [2.24, 2.45) is 10.2 Å². The second-order valence-electron chi connectivity index (χ2n) is 3.19. The molecule has 0 atom stereocenters. The molecule has 0 aromatic rings. The van der Waals surface area contributed by atoms with Crippen LogP contribution in [-0.2, 0) is 9.47 Å². The van der Waals surface area contributed by atoms with Crippen LogP contribution in [0.25, 0.3) is 20.9 Å². The fourth-order valence-electron chi connectivity index (χ4n) is 1.09. The van der Waals surface area contributed by atoms with Crippen LogP contribution in [0.2, 0.25) is 0 Å². The first kappa shape index (κ1) is 15.5. The first-order chi connectivity index (χ1) is 8.41. The molecule has 0 amide bonds. The molecule has 0 aliphatic carbocycles. The molecule has 0 heterocycles. The van der Waals surface area contributed by atoms with Gasteiger partial charge in [-0.25, -0.2) is 0 Å². The van der Waals surface area contributed by atoms with Gasteiger partial charge in [0.2, 0.25) is 0 Å². The molecule has 0 radical (unpaired) electrons. The van der Waals surface area contributed by atoms with Gasteiger partial charge >= 0.3 is 0 Å². The molecule has 0 aliphatic heterocycles. The van der Waals surface area contributed by atoms with E-state index in [9.17, 15) is 0 Å². The van der Waals surface area contributed by atoms with Crippen LogP contribution in [0.15, 0.2) is 10.2 Å². The average molecular weight is 242 g/mol. The highest BCUT2D eigenvalue weighted by Crippen LogP contribution is 1.96. The summed E-state index contributed by atoms with van der Waals surface area (Å²) in [5.41, 5.74) is 16.0. The Kier molecular flexibility index (Phi) is 13.3. The van der Waals surface area contributed by atoms with Gasteiger partial charge in [-0.2, -0.15) is 0 Å². The molecule has 0 spiro atoms. The summed E-state index contributed by atoms with van der Waals surface area (Å²) in [5.74, 6) is 0. The topological polar surface area (TPSA) is 116 Å². The lowest BCUT2D eigenvalue weighted by atomic mass is 10.2. The first-order valence-corrected chi connectivity index (χ1v) is 5.59. The van der Waals surface area contributed by atoms with Crippen molar-refractivity contribution in [3.8, 4) is 0 Å². The Labute approximate surface area is 100 Å². The highest BCUT2D eigenvalue weighted by atomic mass is 16.5. The van der Waals surface area contributed by atoms with Crippen molar-refractivity contribution in [3.63, 3.8) is 0 Å². The summed E-state index contributed by atoms with van der Waals surface area (Å²) in [6.45, 7) is 3.09. The molecule has 0 aliphatic rings. The lowest BCUT2D eigenvalue weighted by molar-refractivity contribution is 0.121. The Balaban J connectivity index is 2.98. The zero-order valence-electron chi connectivity index (χ0n) is 9.86. The number of nitrogens with zero attached hydrogens (tertiary/aromatic N) is 6. The lowest BCUT2D eigenvalue weighted by Crippen LogP contribution is -2.02. The molecule has 0 bridgehead atoms. The summed E-state index contributed by atoms with van der Waals surface area (Å²) in [5, 5.41) is 6.71. The summed E-state index contributed by atoms with van der Waals surface area (Å²) in [4.78, 5) is 5.25. The van der Waals surface area contributed by atoms with E-state index in [1.807, 2.05) is 0 Å². The Morgan fingerprint density at radius 1 is 0.706 bits per heavy atom. The molecule has 0 rings (SSSR count). The molecule has 0 aromatic heterocycles. The van der Waals surface area contributed by atoms with Gasteiger partial charge in [0.15, 0.2) is 0 Å². The predicted molar refractivity (Wildman–Crippen MR) is 63.5 cm³/mol. The standard InChI is InChI=1S/C9H18N6O2/c10-14-12-4-8-16-6-2-1-3-7-17-9-5-13-15-11/h1-9H2. The van der Waals surface area contributed by atoms with Gasteiger partial charge in [0, 0.05) is 36.1 Å². The molecule has 96 valence electrons. The van der Waals surface area contributed by atoms with Crippen LogP contribution in [0.3, 0.4) is 0 Å². The largest absolute Gasteiger partial charge is 0.381 e. The van der Waals surface area contributed by atoms with Crippen molar-refractivity contribution in [2.75, 3.05) is 39.5 Å². The number of hydrogen-bond acceptors (Lipinski definition) is 4. The summed E-state index contributed by atoms with van der Waals surface area (Å²) in [7, 11) is 0. The smallest absolute Gasteiger partial charge is 0.0522 e. The molecule has 0 N–H and O–H groups in total. The summed E-state index contributed by atoms with van der Waals surface area (Å²) in [6, 6.07) is 0. The third-order valence-corrected chi connectivity index (χ3v) is 1.88. The van der Waals surface area contributed by atoms with Gasteiger partial charge in [0.1, 0.15) is 0 Å². The molecule has 0 fully saturated rings. The molecule has 8 heteroatoms. The number of hydrogen-bond donors (Lipinski definition) is 0. The van der Waals surface area contributed by atoms with E-state index in [0.29, 0.717) is 39.5 Å². The van der Waals surface area contributed by atoms with Crippen molar-refractivity contribution < 1.29 is 9.47 Å². The normalized spacial score (nSPS) is 9.41. The van der Waals surface area contributed by atoms with Gasteiger partial charge in [-0.1, -0.05) is 10.2 Å². The van der Waals surface area contributed by atoms with Crippen LogP contribution >= 0.6 is 0 Å². The fraction of sp³-hybridized carbons (Fsp3) is 1.00. The number of ether oxygens (including phenoxy) is 2. The summed E-state index contributed by atoms with van der Waals surface area (Å²) < 4.78 is 10.5. The first-order valence-electron chi connectivity index (χ1n) is 5.59. The Hall–Kier alpha value is -1.46. The van der Waals surface area contributed by atoms with Crippen LogP contribution in [0.1, 0.15) is 19.3 Å². The van der Waals surface area contributed by atoms with Crippen LogP contribution < -0.4 is 0 Å². The maximum absolute atomic E-state index is 8.01. The maximum Gasteiger partial charge on any atom is 0.0522 e. The minimum absolute atomic E-state index is 0.388. The van der Waals surface area contributed by atoms with Gasteiger partial charge in [0.05, 0.1) is 13.2 Å². The quantitative estimate of drug-likeness (QED) is 0.226. The molecular weight excluding hydrogens is 224 g/mol. The molecule has 17 heavy (non-hydrogen) atoms. The van der Waals surface area contributed by atoms with Gasteiger partial charge in [-0.05, 0) is 30.3 Å².